The number of rotatable bonds is 5. The zero-order chi connectivity index (χ0) is 18.7. The Morgan fingerprint density at radius 3 is 2.40 bits per heavy atom. The van der Waals surface area contributed by atoms with E-state index in [1.165, 1.54) is 31.4 Å². The zero-order valence-electron chi connectivity index (χ0n) is 13.1. The van der Waals surface area contributed by atoms with Crippen LogP contribution in [-0.4, -0.2) is 30.8 Å². The van der Waals surface area contributed by atoms with Gasteiger partial charge in [-0.05, 0) is 39.7 Å². The number of hydrogen-bond acceptors (Lipinski definition) is 3. The lowest BCUT2D eigenvalue weighted by atomic mass is 9.93. The van der Waals surface area contributed by atoms with Crippen molar-refractivity contribution >= 4 is 21.8 Å². The Kier molecular flexibility index (Phi) is 5.74. The van der Waals surface area contributed by atoms with Crippen LogP contribution in [0.3, 0.4) is 0 Å². The molecule has 0 aliphatic carbocycles. The van der Waals surface area contributed by atoms with Crippen LogP contribution in [0.15, 0.2) is 53.0 Å². The van der Waals surface area contributed by atoms with Gasteiger partial charge in [0, 0.05) is 4.47 Å². The van der Waals surface area contributed by atoms with Gasteiger partial charge in [-0.1, -0.05) is 30.3 Å². The van der Waals surface area contributed by atoms with Crippen LogP contribution in [0.5, 0.6) is 5.75 Å². The van der Waals surface area contributed by atoms with Crippen LogP contribution in [0.1, 0.15) is 15.9 Å². The van der Waals surface area contributed by atoms with E-state index in [0.717, 1.165) is 12.1 Å². The number of aliphatic hydroxyl groups is 1. The van der Waals surface area contributed by atoms with Crippen LogP contribution in [0.4, 0.5) is 13.2 Å². The molecule has 1 amide bonds. The normalized spacial score (nSPS) is 13.8. The third-order valence-electron chi connectivity index (χ3n) is 3.64. The number of ether oxygens (including phenoxy) is 1. The number of amides is 1. The molecule has 134 valence electrons. The fraction of sp³-hybridized carbons (Fsp3) is 0.235. The van der Waals surface area contributed by atoms with E-state index >= 15 is 0 Å². The third kappa shape index (κ3) is 4.13. The zero-order valence-corrected chi connectivity index (χ0v) is 14.7. The van der Waals surface area contributed by atoms with Crippen LogP contribution >= 0.6 is 15.9 Å². The highest BCUT2D eigenvalue weighted by molar-refractivity contribution is 9.10. The molecule has 1 atom stereocenters. The van der Waals surface area contributed by atoms with Crippen molar-refractivity contribution in [3.8, 4) is 5.75 Å². The van der Waals surface area contributed by atoms with Gasteiger partial charge >= 0.3 is 6.18 Å². The van der Waals surface area contributed by atoms with Gasteiger partial charge < -0.3 is 15.2 Å². The summed E-state index contributed by atoms with van der Waals surface area (Å²) in [7, 11) is 1.41. The van der Waals surface area contributed by atoms with Gasteiger partial charge in [0.2, 0.25) is 5.60 Å². The molecular weight excluding hydrogens is 403 g/mol. The van der Waals surface area contributed by atoms with E-state index in [0.29, 0.717) is 10.2 Å². The van der Waals surface area contributed by atoms with E-state index < -0.39 is 24.2 Å². The summed E-state index contributed by atoms with van der Waals surface area (Å²) >= 11 is 3.16. The van der Waals surface area contributed by atoms with Crippen molar-refractivity contribution in [2.24, 2.45) is 0 Å². The molecule has 2 aromatic rings. The van der Waals surface area contributed by atoms with Gasteiger partial charge in [-0.25, -0.2) is 0 Å². The van der Waals surface area contributed by atoms with Crippen LogP contribution in [-0.2, 0) is 5.60 Å². The molecule has 0 bridgehead atoms. The number of carbonyl (C=O) groups is 1. The predicted octanol–water partition coefficient (Wildman–Crippen LogP) is 3.64. The molecule has 8 heteroatoms. The number of hydrogen-bond donors (Lipinski definition) is 2. The van der Waals surface area contributed by atoms with Gasteiger partial charge in [0.1, 0.15) is 5.75 Å². The summed E-state index contributed by atoms with van der Waals surface area (Å²) in [6.45, 7) is -1.02. The van der Waals surface area contributed by atoms with E-state index in [1.54, 1.807) is 12.1 Å². The number of benzene rings is 2. The number of carbonyl (C=O) groups excluding carboxylic acids is 1. The number of nitrogens with one attached hydrogen (secondary N) is 1. The standard InChI is InChI=1S/C17H15BrF3NO3/c1-25-12-7-8-14(18)13(9-12)15(23)22-10-16(24,17(19,20)21)11-5-3-2-4-6-11/h2-9,24H,10H2,1H3,(H,22,23)/t16-/m1/s1. The van der Waals surface area contributed by atoms with Crippen LogP contribution < -0.4 is 10.1 Å². The predicted molar refractivity (Wildman–Crippen MR) is 89.4 cm³/mol. The molecule has 2 N–H and O–H groups in total. The molecule has 0 aromatic heterocycles. The first-order chi connectivity index (χ1) is 11.7. The van der Waals surface area contributed by atoms with Gasteiger partial charge in [-0.15, -0.1) is 0 Å². The largest absolute Gasteiger partial charge is 0.497 e. The maximum absolute atomic E-state index is 13.4. The van der Waals surface area contributed by atoms with E-state index in [9.17, 15) is 23.1 Å². The number of alkyl halides is 3. The minimum Gasteiger partial charge on any atom is -0.497 e. The maximum atomic E-state index is 13.4. The molecule has 2 rings (SSSR count). The molecule has 0 radical (unpaired) electrons. The van der Waals surface area contributed by atoms with Crippen molar-refractivity contribution in [1.82, 2.24) is 5.32 Å². The summed E-state index contributed by atoms with van der Waals surface area (Å²) in [5.74, 6) is -0.396. The Morgan fingerprint density at radius 2 is 1.84 bits per heavy atom. The van der Waals surface area contributed by atoms with E-state index in [1.807, 2.05) is 0 Å². The van der Waals surface area contributed by atoms with E-state index in [4.69, 9.17) is 4.74 Å². The van der Waals surface area contributed by atoms with Crippen molar-refractivity contribution in [1.29, 1.82) is 0 Å². The second kappa shape index (κ2) is 7.45. The fourth-order valence-electron chi connectivity index (χ4n) is 2.19. The average Bonchev–Trinajstić information content (AvgIpc) is 2.59. The molecule has 0 unspecified atom stereocenters. The Labute approximate surface area is 150 Å². The number of halogens is 4. The second-order valence-corrected chi connectivity index (χ2v) is 6.11. The van der Waals surface area contributed by atoms with Crippen molar-refractivity contribution in [3.05, 3.63) is 64.1 Å². The van der Waals surface area contributed by atoms with Gasteiger partial charge in [0.15, 0.2) is 0 Å². The molecule has 25 heavy (non-hydrogen) atoms. The highest BCUT2D eigenvalue weighted by atomic mass is 79.9. The van der Waals surface area contributed by atoms with E-state index in [2.05, 4.69) is 21.2 Å². The molecule has 0 saturated carbocycles. The summed E-state index contributed by atoms with van der Waals surface area (Å²) in [6.07, 6.45) is -4.97. The van der Waals surface area contributed by atoms with Crippen molar-refractivity contribution < 1.29 is 27.8 Å². The topological polar surface area (TPSA) is 58.6 Å². The molecule has 4 nitrogen and oxygen atoms in total. The Hall–Kier alpha value is -2.06. The lowest BCUT2D eigenvalue weighted by Gasteiger charge is -2.31. The van der Waals surface area contributed by atoms with Crippen molar-refractivity contribution in [2.45, 2.75) is 11.8 Å². The third-order valence-corrected chi connectivity index (χ3v) is 4.33. The van der Waals surface area contributed by atoms with Gasteiger partial charge in [0.25, 0.3) is 5.91 Å². The summed E-state index contributed by atoms with van der Waals surface area (Å²) in [5.41, 5.74) is -3.46. The first-order valence-corrected chi connectivity index (χ1v) is 7.94. The Bertz CT molecular complexity index is 753. The second-order valence-electron chi connectivity index (χ2n) is 5.25. The minimum absolute atomic E-state index is 0.0944. The molecule has 0 spiro atoms. The molecular formula is C17H15BrF3NO3. The Morgan fingerprint density at radius 1 is 1.20 bits per heavy atom. The summed E-state index contributed by atoms with van der Waals surface area (Å²) < 4.78 is 45.6. The highest BCUT2D eigenvalue weighted by Crippen LogP contribution is 2.38. The number of methoxy groups -OCH3 is 1. The molecule has 0 aliphatic heterocycles. The average molecular weight is 418 g/mol. The monoisotopic (exact) mass is 417 g/mol. The fourth-order valence-corrected chi connectivity index (χ4v) is 2.62. The van der Waals surface area contributed by atoms with Crippen LogP contribution in [0.25, 0.3) is 0 Å². The first-order valence-electron chi connectivity index (χ1n) is 7.15. The lowest BCUT2D eigenvalue weighted by molar-refractivity contribution is -0.263. The van der Waals surface area contributed by atoms with Gasteiger partial charge in [0.05, 0.1) is 19.2 Å². The van der Waals surface area contributed by atoms with Crippen LogP contribution in [0.2, 0.25) is 0 Å². The summed E-state index contributed by atoms with van der Waals surface area (Å²) in [6, 6.07) is 11.1. The lowest BCUT2D eigenvalue weighted by Crippen LogP contribution is -2.51. The summed E-state index contributed by atoms with van der Waals surface area (Å²) in [4.78, 5) is 12.3. The molecule has 2 aromatic carbocycles. The molecule has 0 heterocycles. The highest BCUT2D eigenvalue weighted by Gasteiger charge is 2.55. The smallest absolute Gasteiger partial charge is 0.423 e. The quantitative estimate of drug-likeness (QED) is 0.780. The first kappa shape index (κ1) is 19.3. The summed E-state index contributed by atoms with van der Waals surface area (Å²) in [5, 5.41) is 12.4. The van der Waals surface area contributed by atoms with Gasteiger partial charge in [-0.3, -0.25) is 4.79 Å². The molecule has 0 saturated heterocycles. The van der Waals surface area contributed by atoms with E-state index in [-0.39, 0.29) is 11.1 Å². The van der Waals surface area contributed by atoms with Crippen molar-refractivity contribution in [2.75, 3.05) is 13.7 Å². The van der Waals surface area contributed by atoms with Crippen LogP contribution in [0, 0.1) is 0 Å². The molecule has 0 aliphatic rings. The Balaban J connectivity index is 2.26. The maximum Gasteiger partial charge on any atom is 0.423 e. The molecule has 0 fully saturated rings. The van der Waals surface area contributed by atoms with Crippen molar-refractivity contribution in [3.63, 3.8) is 0 Å². The minimum atomic E-state index is -4.97. The van der Waals surface area contributed by atoms with Gasteiger partial charge in [-0.2, -0.15) is 13.2 Å². The SMILES string of the molecule is COc1ccc(Br)c(C(=O)NC[C@@](O)(c2ccccc2)C(F)(F)F)c1.